The topological polar surface area (TPSA) is 15.3 Å². The van der Waals surface area contributed by atoms with Gasteiger partial charge in [0.05, 0.1) is 0 Å². The van der Waals surface area contributed by atoms with Gasteiger partial charge in [-0.1, -0.05) is 26.8 Å². The standard InChI is InChI=1S/C13H28N2/c1-5-9-10-13(14-6-2)11-12-15(7-3)8-4/h5,13-14H,1,6-12H2,2-4H3. The van der Waals surface area contributed by atoms with Gasteiger partial charge in [-0.25, -0.2) is 0 Å². The zero-order valence-corrected chi connectivity index (χ0v) is 10.8. The van der Waals surface area contributed by atoms with Crippen LogP contribution in [0.3, 0.4) is 0 Å². The summed E-state index contributed by atoms with van der Waals surface area (Å²) < 4.78 is 0. The van der Waals surface area contributed by atoms with Gasteiger partial charge in [-0.15, -0.1) is 6.58 Å². The highest BCUT2D eigenvalue weighted by atomic mass is 15.1. The van der Waals surface area contributed by atoms with Crippen molar-refractivity contribution in [3.8, 4) is 0 Å². The highest BCUT2D eigenvalue weighted by Crippen LogP contribution is 2.04. The molecule has 2 heteroatoms. The van der Waals surface area contributed by atoms with Crippen molar-refractivity contribution < 1.29 is 0 Å². The molecule has 0 rings (SSSR count). The Balaban J connectivity index is 3.76. The molecule has 0 saturated heterocycles. The molecule has 0 heterocycles. The van der Waals surface area contributed by atoms with Gasteiger partial charge < -0.3 is 10.2 Å². The van der Waals surface area contributed by atoms with Crippen molar-refractivity contribution in [1.82, 2.24) is 10.2 Å². The summed E-state index contributed by atoms with van der Waals surface area (Å²) in [6.07, 6.45) is 5.61. The second-order valence-corrected chi connectivity index (χ2v) is 3.94. The van der Waals surface area contributed by atoms with E-state index in [0.29, 0.717) is 6.04 Å². The van der Waals surface area contributed by atoms with Crippen LogP contribution in [-0.2, 0) is 0 Å². The zero-order valence-electron chi connectivity index (χ0n) is 10.8. The van der Waals surface area contributed by atoms with Crippen LogP contribution in [0.1, 0.15) is 40.0 Å². The monoisotopic (exact) mass is 212 g/mol. The largest absolute Gasteiger partial charge is 0.314 e. The second kappa shape index (κ2) is 10.2. The van der Waals surface area contributed by atoms with Crippen LogP contribution in [0.15, 0.2) is 12.7 Å². The molecule has 0 aromatic rings. The number of hydrogen-bond donors (Lipinski definition) is 1. The van der Waals surface area contributed by atoms with E-state index in [2.05, 4.69) is 37.6 Å². The highest BCUT2D eigenvalue weighted by molar-refractivity contribution is 4.74. The molecule has 1 unspecified atom stereocenters. The van der Waals surface area contributed by atoms with E-state index < -0.39 is 0 Å². The first-order chi connectivity index (χ1) is 7.28. The molecule has 1 atom stereocenters. The first kappa shape index (κ1) is 14.7. The van der Waals surface area contributed by atoms with E-state index in [1.165, 1.54) is 19.4 Å². The smallest absolute Gasteiger partial charge is 0.00820 e. The molecular formula is C13H28N2. The van der Waals surface area contributed by atoms with Crippen molar-refractivity contribution in [2.75, 3.05) is 26.2 Å². The van der Waals surface area contributed by atoms with E-state index in [9.17, 15) is 0 Å². The third kappa shape index (κ3) is 7.57. The molecule has 2 nitrogen and oxygen atoms in total. The Morgan fingerprint density at radius 1 is 1.20 bits per heavy atom. The number of nitrogens with zero attached hydrogens (tertiary/aromatic N) is 1. The number of nitrogens with one attached hydrogen (secondary N) is 1. The quantitative estimate of drug-likeness (QED) is 0.560. The summed E-state index contributed by atoms with van der Waals surface area (Å²) in [6.45, 7) is 15.0. The number of allylic oxidation sites excluding steroid dienone is 1. The van der Waals surface area contributed by atoms with E-state index in [0.717, 1.165) is 26.1 Å². The van der Waals surface area contributed by atoms with Crippen molar-refractivity contribution in [1.29, 1.82) is 0 Å². The molecule has 0 amide bonds. The van der Waals surface area contributed by atoms with Gasteiger partial charge in [0.15, 0.2) is 0 Å². The number of rotatable bonds is 10. The Bertz CT molecular complexity index is 141. The van der Waals surface area contributed by atoms with Crippen LogP contribution in [0.25, 0.3) is 0 Å². The Labute approximate surface area is 95.7 Å². The predicted molar refractivity (Wildman–Crippen MR) is 69.3 cm³/mol. The molecule has 1 N–H and O–H groups in total. The predicted octanol–water partition coefficient (Wildman–Crippen LogP) is 2.66. The molecule has 15 heavy (non-hydrogen) atoms. The summed E-state index contributed by atoms with van der Waals surface area (Å²) in [5.74, 6) is 0. The Morgan fingerprint density at radius 2 is 1.87 bits per heavy atom. The zero-order chi connectivity index (χ0) is 11.5. The molecule has 0 aliphatic heterocycles. The maximum Gasteiger partial charge on any atom is 0.00820 e. The fourth-order valence-corrected chi connectivity index (χ4v) is 1.83. The van der Waals surface area contributed by atoms with Gasteiger partial charge in [-0.3, -0.25) is 0 Å². The first-order valence-electron chi connectivity index (χ1n) is 6.35. The maximum absolute atomic E-state index is 3.78. The van der Waals surface area contributed by atoms with Gasteiger partial charge in [0.25, 0.3) is 0 Å². The molecule has 0 saturated carbocycles. The van der Waals surface area contributed by atoms with Crippen molar-refractivity contribution in [2.24, 2.45) is 0 Å². The van der Waals surface area contributed by atoms with E-state index in [1.54, 1.807) is 0 Å². The van der Waals surface area contributed by atoms with Crippen LogP contribution in [0, 0.1) is 0 Å². The summed E-state index contributed by atoms with van der Waals surface area (Å²) in [5, 5.41) is 3.55. The fourth-order valence-electron chi connectivity index (χ4n) is 1.83. The van der Waals surface area contributed by atoms with Crippen molar-refractivity contribution in [2.45, 2.75) is 46.1 Å². The minimum atomic E-state index is 0.661. The lowest BCUT2D eigenvalue weighted by molar-refractivity contribution is 0.278. The van der Waals surface area contributed by atoms with E-state index in [1.807, 2.05) is 6.08 Å². The summed E-state index contributed by atoms with van der Waals surface area (Å²) in [5.41, 5.74) is 0. The molecule has 0 aliphatic rings. The highest BCUT2D eigenvalue weighted by Gasteiger charge is 2.07. The third-order valence-corrected chi connectivity index (χ3v) is 2.90. The van der Waals surface area contributed by atoms with Crippen LogP contribution in [-0.4, -0.2) is 37.1 Å². The average molecular weight is 212 g/mol. The maximum atomic E-state index is 3.78. The molecule has 0 spiro atoms. The molecule has 0 radical (unpaired) electrons. The molecule has 0 aromatic heterocycles. The van der Waals surface area contributed by atoms with Crippen molar-refractivity contribution in [3.63, 3.8) is 0 Å². The molecule has 0 bridgehead atoms. The lowest BCUT2D eigenvalue weighted by Crippen LogP contribution is -2.34. The third-order valence-electron chi connectivity index (χ3n) is 2.90. The van der Waals surface area contributed by atoms with Crippen LogP contribution in [0.5, 0.6) is 0 Å². The average Bonchev–Trinajstić information content (AvgIpc) is 2.27. The van der Waals surface area contributed by atoms with Gasteiger partial charge >= 0.3 is 0 Å². The van der Waals surface area contributed by atoms with Crippen LogP contribution >= 0.6 is 0 Å². The molecule has 0 fully saturated rings. The van der Waals surface area contributed by atoms with Gasteiger partial charge in [0, 0.05) is 6.04 Å². The van der Waals surface area contributed by atoms with Crippen molar-refractivity contribution >= 4 is 0 Å². The summed E-state index contributed by atoms with van der Waals surface area (Å²) >= 11 is 0. The number of hydrogen-bond acceptors (Lipinski definition) is 2. The normalized spacial score (nSPS) is 13.1. The van der Waals surface area contributed by atoms with Gasteiger partial charge in [0.1, 0.15) is 0 Å². The van der Waals surface area contributed by atoms with E-state index in [-0.39, 0.29) is 0 Å². The van der Waals surface area contributed by atoms with Gasteiger partial charge in [0.2, 0.25) is 0 Å². The lowest BCUT2D eigenvalue weighted by atomic mass is 10.1. The molecule has 0 aromatic carbocycles. The Kier molecular flexibility index (Phi) is 9.96. The first-order valence-corrected chi connectivity index (χ1v) is 6.35. The lowest BCUT2D eigenvalue weighted by Gasteiger charge is -2.23. The van der Waals surface area contributed by atoms with E-state index in [4.69, 9.17) is 0 Å². The Morgan fingerprint density at radius 3 is 2.33 bits per heavy atom. The summed E-state index contributed by atoms with van der Waals surface area (Å²) in [6, 6.07) is 0.661. The van der Waals surface area contributed by atoms with Crippen LogP contribution in [0.2, 0.25) is 0 Å². The molecule has 90 valence electrons. The minimum Gasteiger partial charge on any atom is -0.314 e. The van der Waals surface area contributed by atoms with Crippen LogP contribution < -0.4 is 5.32 Å². The Hall–Kier alpha value is -0.340. The van der Waals surface area contributed by atoms with Gasteiger partial charge in [-0.2, -0.15) is 0 Å². The minimum absolute atomic E-state index is 0.661. The van der Waals surface area contributed by atoms with Crippen LogP contribution in [0.4, 0.5) is 0 Å². The summed E-state index contributed by atoms with van der Waals surface area (Å²) in [4.78, 5) is 2.48. The van der Waals surface area contributed by atoms with Gasteiger partial charge in [-0.05, 0) is 45.4 Å². The fraction of sp³-hybridized carbons (Fsp3) is 0.846. The molecule has 0 aliphatic carbocycles. The SMILES string of the molecule is C=CCCC(CCN(CC)CC)NCC. The van der Waals surface area contributed by atoms with E-state index >= 15 is 0 Å². The summed E-state index contributed by atoms with van der Waals surface area (Å²) in [7, 11) is 0. The molecular weight excluding hydrogens is 184 g/mol. The van der Waals surface area contributed by atoms with Crippen molar-refractivity contribution in [3.05, 3.63) is 12.7 Å². The second-order valence-electron chi connectivity index (χ2n) is 3.94.